The van der Waals surface area contributed by atoms with Crippen molar-refractivity contribution in [3.63, 3.8) is 0 Å². The van der Waals surface area contributed by atoms with Crippen molar-refractivity contribution in [3.8, 4) is 11.4 Å². The second kappa shape index (κ2) is 4.22. The predicted octanol–water partition coefficient (Wildman–Crippen LogP) is 2.07. The number of imidazole rings is 1. The van der Waals surface area contributed by atoms with Crippen LogP contribution in [-0.2, 0) is 5.54 Å². The highest BCUT2D eigenvalue weighted by Crippen LogP contribution is 2.22. The first-order chi connectivity index (χ1) is 8.02. The van der Waals surface area contributed by atoms with Crippen molar-refractivity contribution in [2.75, 3.05) is 7.11 Å². The van der Waals surface area contributed by atoms with Gasteiger partial charge in [-0.15, -0.1) is 0 Å². The van der Waals surface area contributed by atoms with Crippen LogP contribution in [0.15, 0.2) is 36.8 Å². The number of rotatable bonds is 3. The molecule has 0 aliphatic heterocycles. The third-order valence-electron chi connectivity index (χ3n) is 2.63. The van der Waals surface area contributed by atoms with Crippen molar-refractivity contribution in [2.45, 2.75) is 19.4 Å². The van der Waals surface area contributed by atoms with Gasteiger partial charge in [-0.2, -0.15) is 0 Å². The Hall–Kier alpha value is -1.81. The van der Waals surface area contributed by atoms with Crippen LogP contribution in [-0.4, -0.2) is 16.7 Å². The zero-order valence-corrected chi connectivity index (χ0v) is 10.3. The summed E-state index contributed by atoms with van der Waals surface area (Å²) in [4.78, 5) is 4.16. The topological polar surface area (TPSA) is 53.1 Å². The molecule has 1 aromatic carbocycles. The molecule has 2 N–H and O–H groups in total. The molecule has 1 heterocycles. The largest absolute Gasteiger partial charge is 0.497 e. The summed E-state index contributed by atoms with van der Waals surface area (Å²) in [5, 5.41) is 0. The van der Waals surface area contributed by atoms with Crippen LogP contribution in [0.1, 0.15) is 19.5 Å². The van der Waals surface area contributed by atoms with E-state index in [1.54, 1.807) is 19.6 Å². The summed E-state index contributed by atoms with van der Waals surface area (Å²) in [5.41, 5.74) is 7.65. The van der Waals surface area contributed by atoms with Crippen molar-refractivity contribution >= 4 is 0 Å². The molecular weight excluding hydrogens is 214 g/mol. The number of nitrogens with two attached hydrogens (primary N) is 1. The molecule has 0 aliphatic carbocycles. The van der Waals surface area contributed by atoms with Crippen molar-refractivity contribution in [3.05, 3.63) is 42.5 Å². The van der Waals surface area contributed by atoms with Gasteiger partial charge in [0.1, 0.15) is 5.75 Å². The lowest BCUT2D eigenvalue weighted by Crippen LogP contribution is -2.31. The molecule has 0 bridgehead atoms. The van der Waals surface area contributed by atoms with Crippen molar-refractivity contribution in [1.29, 1.82) is 0 Å². The molecule has 0 saturated heterocycles. The molecule has 1 aromatic heterocycles. The van der Waals surface area contributed by atoms with Crippen LogP contribution in [0.3, 0.4) is 0 Å². The van der Waals surface area contributed by atoms with E-state index in [0.717, 1.165) is 17.1 Å². The van der Waals surface area contributed by atoms with Gasteiger partial charge < -0.3 is 15.0 Å². The van der Waals surface area contributed by atoms with E-state index in [9.17, 15) is 0 Å². The lowest BCUT2D eigenvalue weighted by Gasteiger charge is -2.20. The fourth-order valence-corrected chi connectivity index (χ4v) is 1.74. The second-order valence-corrected chi connectivity index (χ2v) is 4.57. The van der Waals surface area contributed by atoms with E-state index in [0.29, 0.717) is 0 Å². The molecule has 2 rings (SSSR count). The van der Waals surface area contributed by atoms with Gasteiger partial charge in [0.25, 0.3) is 0 Å². The highest BCUT2D eigenvalue weighted by Gasteiger charge is 2.19. The van der Waals surface area contributed by atoms with Crippen LogP contribution in [0, 0.1) is 0 Å². The molecule has 0 fully saturated rings. The Balaban J connectivity index is 2.50. The molecule has 0 unspecified atom stereocenters. The highest BCUT2D eigenvalue weighted by atomic mass is 16.5. The molecule has 4 nitrogen and oxygen atoms in total. The van der Waals surface area contributed by atoms with Gasteiger partial charge in [-0.05, 0) is 26.0 Å². The Morgan fingerprint density at radius 1 is 1.35 bits per heavy atom. The summed E-state index contributed by atoms with van der Waals surface area (Å²) in [6.45, 7) is 3.92. The number of benzene rings is 1. The van der Waals surface area contributed by atoms with Crippen LogP contribution in [0.25, 0.3) is 5.69 Å². The van der Waals surface area contributed by atoms with E-state index in [4.69, 9.17) is 10.5 Å². The molecule has 0 amide bonds. The number of hydrogen-bond acceptors (Lipinski definition) is 3. The normalized spacial score (nSPS) is 11.5. The van der Waals surface area contributed by atoms with Gasteiger partial charge in [0.2, 0.25) is 0 Å². The summed E-state index contributed by atoms with van der Waals surface area (Å²) in [6, 6.07) is 7.81. The van der Waals surface area contributed by atoms with Gasteiger partial charge >= 0.3 is 0 Å². The molecule has 0 spiro atoms. The number of aromatic nitrogens is 2. The zero-order chi connectivity index (χ0) is 12.5. The Morgan fingerprint density at radius 3 is 2.76 bits per heavy atom. The molecule has 2 aromatic rings. The molecule has 17 heavy (non-hydrogen) atoms. The minimum absolute atomic E-state index is 0.431. The van der Waals surface area contributed by atoms with Gasteiger partial charge in [-0.3, -0.25) is 0 Å². The minimum atomic E-state index is -0.431. The van der Waals surface area contributed by atoms with Gasteiger partial charge in [-0.25, -0.2) is 4.98 Å². The summed E-state index contributed by atoms with van der Waals surface area (Å²) in [6.07, 6.45) is 3.55. The molecule has 0 aliphatic rings. The van der Waals surface area contributed by atoms with Crippen LogP contribution < -0.4 is 10.5 Å². The number of methoxy groups -OCH3 is 1. The van der Waals surface area contributed by atoms with Crippen LogP contribution >= 0.6 is 0 Å². The molecular formula is C13H17N3O. The summed E-state index contributed by atoms with van der Waals surface area (Å²) in [5.74, 6) is 0.817. The molecule has 90 valence electrons. The number of hydrogen-bond donors (Lipinski definition) is 1. The van der Waals surface area contributed by atoms with E-state index in [-0.39, 0.29) is 0 Å². The van der Waals surface area contributed by atoms with Crippen LogP contribution in [0.5, 0.6) is 5.75 Å². The number of ether oxygens (including phenoxy) is 1. The minimum Gasteiger partial charge on any atom is -0.497 e. The quantitative estimate of drug-likeness (QED) is 0.879. The second-order valence-electron chi connectivity index (χ2n) is 4.57. The maximum Gasteiger partial charge on any atom is 0.120 e. The van der Waals surface area contributed by atoms with E-state index in [1.807, 2.05) is 42.7 Å². The van der Waals surface area contributed by atoms with Crippen molar-refractivity contribution < 1.29 is 4.74 Å². The average Bonchev–Trinajstić information content (AvgIpc) is 2.77. The Morgan fingerprint density at radius 2 is 2.12 bits per heavy atom. The van der Waals surface area contributed by atoms with Crippen LogP contribution in [0.4, 0.5) is 0 Å². The first-order valence-electron chi connectivity index (χ1n) is 5.48. The first-order valence-corrected chi connectivity index (χ1v) is 5.48. The number of nitrogens with zero attached hydrogens (tertiary/aromatic N) is 2. The summed E-state index contributed by atoms with van der Waals surface area (Å²) < 4.78 is 7.19. The van der Waals surface area contributed by atoms with E-state index in [1.165, 1.54) is 0 Å². The standard InChI is InChI=1S/C13H17N3O/c1-13(2,14)12-8-15-9-16(12)10-5-4-6-11(7-10)17-3/h4-9H,14H2,1-3H3. The maximum atomic E-state index is 6.12. The maximum absolute atomic E-state index is 6.12. The molecule has 0 saturated carbocycles. The Labute approximate surface area is 101 Å². The highest BCUT2D eigenvalue weighted by molar-refractivity contribution is 5.41. The van der Waals surface area contributed by atoms with Gasteiger partial charge in [0.05, 0.1) is 36.6 Å². The van der Waals surface area contributed by atoms with Gasteiger partial charge in [0, 0.05) is 6.07 Å². The van der Waals surface area contributed by atoms with Crippen LogP contribution in [0.2, 0.25) is 0 Å². The molecule has 0 radical (unpaired) electrons. The molecule has 4 heteroatoms. The van der Waals surface area contributed by atoms with E-state index < -0.39 is 5.54 Å². The first kappa shape index (κ1) is 11.7. The van der Waals surface area contributed by atoms with E-state index in [2.05, 4.69) is 4.98 Å². The average molecular weight is 231 g/mol. The fourth-order valence-electron chi connectivity index (χ4n) is 1.74. The summed E-state index contributed by atoms with van der Waals surface area (Å²) >= 11 is 0. The lowest BCUT2D eigenvalue weighted by molar-refractivity contribution is 0.414. The van der Waals surface area contributed by atoms with E-state index >= 15 is 0 Å². The summed E-state index contributed by atoms with van der Waals surface area (Å²) in [7, 11) is 1.65. The molecule has 0 atom stereocenters. The SMILES string of the molecule is COc1cccc(-n2cncc2C(C)(C)N)c1. The lowest BCUT2D eigenvalue weighted by atomic mass is 10.0. The van der Waals surface area contributed by atoms with Crippen molar-refractivity contribution in [2.24, 2.45) is 5.73 Å². The Bertz CT molecular complexity index is 511. The fraction of sp³-hybridized carbons (Fsp3) is 0.308. The monoisotopic (exact) mass is 231 g/mol. The van der Waals surface area contributed by atoms with Gasteiger partial charge in [-0.1, -0.05) is 6.07 Å². The third-order valence-corrected chi connectivity index (χ3v) is 2.63. The Kier molecular flexibility index (Phi) is 2.90. The van der Waals surface area contributed by atoms with Crippen molar-refractivity contribution in [1.82, 2.24) is 9.55 Å². The smallest absolute Gasteiger partial charge is 0.120 e. The predicted molar refractivity (Wildman–Crippen MR) is 67.3 cm³/mol. The van der Waals surface area contributed by atoms with Gasteiger partial charge in [0.15, 0.2) is 0 Å². The zero-order valence-electron chi connectivity index (χ0n) is 10.3. The third kappa shape index (κ3) is 2.31.